The fraction of sp³-hybridized carbons (Fsp3) is 0.273. The van der Waals surface area contributed by atoms with E-state index in [9.17, 15) is 4.79 Å². The molecule has 0 atom stereocenters. The van der Waals surface area contributed by atoms with Gasteiger partial charge in [0.05, 0.1) is 0 Å². The number of rotatable bonds is 5. The van der Waals surface area contributed by atoms with Gasteiger partial charge in [0.2, 0.25) is 0 Å². The molecule has 0 bridgehead atoms. The smallest absolute Gasteiger partial charge is 0.332 e. The number of benzene rings is 1. The zero-order valence-corrected chi connectivity index (χ0v) is 10.2. The van der Waals surface area contributed by atoms with Crippen LogP contribution in [-0.2, 0) is 16.2 Å². The van der Waals surface area contributed by atoms with E-state index in [0.29, 0.717) is 6.54 Å². The summed E-state index contributed by atoms with van der Waals surface area (Å²) >= 11 is 4.89. The maximum Gasteiger partial charge on any atom is 0.332 e. The van der Waals surface area contributed by atoms with E-state index in [1.165, 1.54) is 5.56 Å². The summed E-state index contributed by atoms with van der Waals surface area (Å²) in [6.07, 6.45) is 0. The lowest BCUT2D eigenvalue weighted by Gasteiger charge is -2.09. The third kappa shape index (κ3) is 5.84. The molecule has 5 nitrogen and oxygen atoms in total. The Kier molecular flexibility index (Phi) is 5.38. The first-order chi connectivity index (χ1) is 8.08. The van der Waals surface area contributed by atoms with Gasteiger partial charge < -0.3 is 10.4 Å². The van der Waals surface area contributed by atoms with Gasteiger partial charge in [0.15, 0.2) is 11.7 Å². The highest BCUT2D eigenvalue weighted by molar-refractivity contribution is 7.80. The minimum Gasteiger partial charge on any atom is -0.479 e. The number of hydrogen-bond donors (Lipinski definition) is 3. The Labute approximate surface area is 105 Å². The van der Waals surface area contributed by atoms with E-state index in [-0.39, 0.29) is 5.11 Å². The summed E-state index contributed by atoms with van der Waals surface area (Å²) in [5.74, 6) is -1.06. The lowest BCUT2D eigenvalue weighted by Crippen LogP contribution is -2.35. The van der Waals surface area contributed by atoms with Gasteiger partial charge >= 0.3 is 5.97 Å². The highest BCUT2D eigenvalue weighted by Gasteiger charge is 1.99. The molecule has 1 aromatic rings. The summed E-state index contributed by atoms with van der Waals surface area (Å²) in [4.78, 5) is 14.8. The van der Waals surface area contributed by atoms with Crippen LogP contribution in [0.1, 0.15) is 11.1 Å². The van der Waals surface area contributed by atoms with E-state index >= 15 is 0 Å². The quantitative estimate of drug-likeness (QED) is 0.537. The van der Waals surface area contributed by atoms with E-state index < -0.39 is 12.6 Å². The molecule has 0 amide bonds. The number of thiocarbonyl (C=S) groups is 1. The molecule has 0 aromatic heterocycles. The molecule has 6 heteroatoms. The maximum absolute atomic E-state index is 10.2. The second-order valence-electron chi connectivity index (χ2n) is 3.45. The normalized spacial score (nSPS) is 9.71. The van der Waals surface area contributed by atoms with Crippen LogP contribution in [0.5, 0.6) is 0 Å². The Hall–Kier alpha value is -1.66. The van der Waals surface area contributed by atoms with Gasteiger partial charge in [-0.15, -0.1) is 0 Å². The van der Waals surface area contributed by atoms with Crippen LogP contribution in [0.3, 0.4) is 0 Å². The van der Waals surface area contributed by atoms with Crippen LogP contribution in [0.4, 0.5) is 0 Å². The molecule has 0 unspecified atom stereocenters. The van der Waals surface area contributed by atoms with Crippen molar-refractivity contribution >= 4 is 23.3 Å². The molecule has 0 aliphatic rings. The van der Waals surface area contributed by atoms with Crippen LogP contribution >= 0.6 is 12.2 Å². The van der Waals surface area contributed by atoms with Crippen LogP contribution in [0.15, 0.2) is 24.3 Å². The average Bonchev–Trinajstić information content (AvgIpc) is 2.28. The number of hydroxylamine groups is 1. The molecule has 0 fully saturated rings. The molecule has 0 radical (unpaired) electrons. The lowest BCUT2D eigenvalue weighted by atomic mass is 10.1. The number of aryl methyl sites for hydroxylation is 1. The lowest BCUT2D eigenvalue weighted by molar-refractivity contribution is -0.143. The molecule has 0 aliphatic carbocycles. The predicted octanol–water partition coefficient (Wildman–Crippen LogP) is 0.975. The molecule has 1 rings (SSSR count). The van der Waals surface area contributed by atoms with Gasteiger partial charge in [-0.1, -0.05) is 29.8 Å². The minimum atomic E-state index is -1.06. The molecule has 3 N–H and O–H groups in total. The van der Waals surface area contributed by atoms with Gasteiger partial charge in [-0.05, 0) is 24.7 Å². The SMILES string of the molecule is Cc1ccc(CNC(=S)NOCC(=O)O)cc1. The fourth-order valence-electron chi connectivity index (χ4n) is 1.09. The van der Waals surface area contributed by atoms with E-state index in [1.54, 1.807) is 0 Å². The van der Waals surface area contributed by atoms with Gasteiger partial charge in [0, 0.05) is 6.54 Å². The second kappa shape index (κ2) is 6.82. The van der Waals surface area contributed by atoms with Crippen LogP contribution in [-0.4, -0.2) is 22.8 Å². The molecular formula is C11H14N2O3S. The van der Waals surface area contributed by atoms with Crippen LogP contribution < -0.4 is 10.8 Å². The van der Waals surface area contributed by atoms with Crippen LogP contribution in [0, 0.1) is 6.92 Å². The van der Waals surface area contributed by atoms with Gasteiger partial charge in [0.1, 0.15) is 0 Å². The molecule has 92 valence electrons. The van der Waals surface area contributed by atoms with Crippen molar-refractivity contribution in [3.63, 3.8) is 0 Å². The number of hydrogen-bond acceptors (Lipinski definition) is 3. The van der Waals surface area contributed by atoms with Gasteiger partial charge in [-0.2, -0.15) is 0 Å². The second-order valence-corrected chi connectivity index (χ2v) is 3.86. The average molecular weight is 254 g/mol. The predicted molar refractivity (Wildman–Crippen MR) is 67.3 cm³/mol. The number of nitrogens with one attached hydrogen (secondary N) is 2. The summed E-state index contributed by atoms with van der Waals surface area (Å²) in [5, 5.41) is 11.5. The molecule has 0 heterocycles. The minimum absolute atomic E-state index is 0.256. The topological polar surface area (TPSA) is 70.6 Å². The van der Waals surface area contributed by atoms with Crippen molar-refractivity contribution in [2.24, 2.45) is 0 Å². The summed E-state index contributed by atoms with van der Waals surface area (Å²) in [5.41, 5.74) is 4.61. The highest BCUT2D eigenvalue weighted by Crippen LogP contribution is 2.02. The van der Waals surface area contributed by atoms with Gasteiger partial charge in [0.25, 0.3) is 0 Å². The number of carbonyl (C=O) groups is 1. The maximum atomic E-state index is 10.2. The summed E-state index contributed by atoms with van der Waals surface area (Å²) in [7, 11) is 0. The highest BCUT2D eigenvalue weighted by atomic mass is 32.1. The zero-order valence-electron chi connectivity index (χ0n) is 9.40. The van der Waals surface area contributed by atoms with Gasteiger partial charge in [-0.3, -0.25) is 4.84 Å². The monoisotopic (exact) mass is 254 g/mol. The fourth-order valence-corrected chi connectivity index (χ4v) is 1.22. The Bertz CT molecular complexity index is 392. The molecule has 0 spiro atoms. The van der Waals surface area contributed by atoms with Crippen molar-refractivity contribution in [3.8, 4) is 0 Å². The van der Waals surface area contributed by atoms with Crippen molar-refractivity contribution in [3.05, 3.63) is 35.4 Å². The first-order valence-corrected chi connectivity index (χ1v) is 5.41. The number of carboxylic acids is 1. The van der Waals surface area contributed by atoms with E-state index in [1.807, 2.05) is 31.2 Å². The van der Waals surface area contributed by atoms with Crippen LogP contribution in [0.25, 0.3) is 0 Å². The van der Waals surface area contributed by atoms with Crippen molar-refractivity contribution in [1.82, 2.24) is 10.8 Å². The molecular weight excluding hydrogens is 240 g/mol. The first kappa shape index (κ1) is 13.4. The third-order valence-corrected chi connectivity index (χ3v) is 2.16. The van der Waals surface area contributed by atoms with Crippen molar-refractivity contribution in [2.75, 3.05) is 6.61 Å². The summed E-state index contributed by atoms with van der Waals surface area (Å²) < 4.78 is 0. The first-order valence-electron chi connectivity index (χ1n) is 5.01. The van der Waals surface area contributed by atoms with Crippen molar-refractivity contribution in [2.45, 2.75) is 13.5 Å². The van der Waals surface area contributed by atoms with Crippen molar-refractivity contribution < 1.29 is 14.7 Å². The Morgan fingerprint density at radius 1 is 1.41 bits per heavy atom. The molecule has 0 saturated heterocycles. The number of carboxylic acid groups (broad SMARTS) is 1. The van der Waals surface area contributed by atoms with E-state index in [2.05, 4.69) is 15.6 Å². The summed E-state index contributed by atoms with van der Waals surface area (Å²) in [6.45, 7) is 2.14. The Balaban J connectivity index is 2.23. The Morgan fingerprint density at radius 3 is 2.65 bits per heavy atom. The largest absolute Gasteiger partial charge is 0.479 e. The molecule has 17 heavy (non-hydrogen) atoms. The molecule has 0 saturated carbocycles. The van der Waals surface area contributed by atoms with Crippen LogP contribution in [0.2, 0.25) is 0 Å². The van der Waals surface area contributed by atoms with E-state index in [0.717, 1.165) is 5.56 Å². The van der Waals surface area contributed by atoms with Crippen molar-refractivity contribution in [1.29, 1.82) is 0 Å². The van der Waals surface area contributed by atoms with E-state index in [4.69, 9.17) is 17.3 Å². The summed E-state index contributed by atoms with van der Waals surface area (Å²) in [6, 6.07) is 7.99. The molecule has 1 aromatic carbocycles. The standard InChI is InChI=1S/C11H14N2O3S/c1-8-2-4-9(5-3-8)6-12-11(17)13-16-7-10(14)15/h2-5H,6-7H2,1H3,(H,14,15)(H2,12,13,17). The zero-order chi connectivity index (χ0) is 12.7. The number of aliphatic carboxylic acids is 1. The molecule has 0 aliphatic heterocycles. The Morgan fingerprint density at radius 2 is 2.06 bits per heavy atom. The third-order valence-electron chi connectivity index (χ3n) is 1.93. The van der Waals surface area contributed by atoms with Gasteiger partial charge in [-0.25, -0.2) is 10.3 Å².